The normalized spacial score (nSPS) is 15.8. The van der Waals surface area contributed by atoms with Crippen LogP contribution in [0.15, 0.2) is 24.3 Å². The largest absolute Gasteiger partial charge is 0.497 e. The van der Waals surface area contributed by atoms with Crippen molar-refractivity contribution in [2.45, 2.75) is 46.6 Å². The van der Waals surface area contributed by atoms with Crippen molar-refractivity contribution in [1.29, 1.82) is 0 Å². The van der Waals surface area contributed by atoms with Crippen LogP contribution in [0.4, 0.5) is 0 Å². The molecule has 1 aliphatic heterocycles. The molecule has 1 saturated heterocycles. The highest BCUT2D eigenvalue weighted by atomic mass is 16.5. The number of ether oxygens (including phenoxy) is 1. The summed E-state index contributed by atoms with van der Waals surface area (Å²) in [5.74, 6) is 0.489. The van der Waals surface area contributed by atoms with E-state index in [4.69, 9.17) is 4.74 Å². The summed E-state index contributed by atoms with van der Waals surface area (Å²) in [7, 11) is 1.55. The Hall–Kier alpha value is -2.57. The van der Waals surface area contributed by atoms with E-state index in [9.17, 15) is 14.4 Å². The van der Waals surface area contributed by atoms with Crippen LogP contribution < -0.4 is 15.4 Å². The lowest BCUT2D eigenvalue weighted by Gasteiger charge is -2.36. The lowest BCUT2D eigenvalue weighted by Crippen LogP contribution is -2.54. The molecule has 0 aromatic heterocycles. The minimum atomic E-state index is -0.640. The molecule has 1 heterocycles. The zero-order valence-electron chi connectivity index (χ0n) is 18.7. The molecule has 0 bridgehead atoms. The molecule has 2 rings (SSSR count). The first kappa shape index (κ1) is 23.7. The molecule has 7 heteroatoms. The Labute approximate surface area is 179 Å². The van der Waals surface area contributed by atoms with Gasteiger partial charge >= 0.3 is 0 Å². The fourth-order valence-electron chi connectivity index (χ4n) is 3.62. The van der Waals surface area contributed by atoms with Crippen molar-refractivity contribution in [2.24, 2.45) is 17.8 Å². The van der Waals surface area contributed by atoms with Crippen molar-refractivity contribution in [3.8, 4) is 5.75 Å². The van der Waals surface area contributed by atoms with Gasteiger partial charge in [0, 0.05) is 31.1 Å². The van der Waals surface area contributed by atoms with Gasteiger partial charge < -0.3 is 20.3 Å². The number of nitrogens with one attached hydrogen (secondary N) is 2. The minimum absolute atomic E-state index is 0.0251. The summed E-state index contributed by atoms with van der Waals surface area (Å²) < 4.78 is 5.20. The maximum absolute atomic E-state index is 12.9. The fraction of sp³-hybridized carbons (Fsp3) is 0.609. The molecule has 1 aromatic rings. The van der Waals surface area contributed by atoms with Crippen LogP contribution in [0, 0.1) is 17.8 Å². The molecule has 0 radical (unpaired) electrons. The molecular formula is C23H35N3O4. The van der Waals surface area contributed by atoms with E-state index in [1.807, 2.05) is 32.6 Å². The number of hydrogen-bond donors (Lipinski definition) is 2. The highest BCUT2D eigenvalue weighted by Gasteiger charge is 2.34. The summed E-state index contributed by atoms with van der Waals surface area (Å²) in [5, 5.41) is 5.89. The number of carbonyl (C=O) groups excluding carboxylic acids is 3. The molecule has 1 fully saturated rings. The number of methoxy groups -OCH3 is 1. The maximum atomic E-state index is 12.9. The molecule has 2 N–H and O–H groups in total. The van der Waals surface area contributed by atoms with Crippen LogP contribution in [0.1, 0.15) is 50.9 Å². The zero-order chi connectivity index (χ0) is 22.3. The zero-order valence-corrected chi connectivity index (χ0v) is 18.7. The van der Waals surface area contributed by atoms with Gasteiger partial charge in [-0.15, -0.1) is 0 Å². The minimum Gasteiger partial charge on any atom is -0.497 e. The number of rotatable bonds is 8. The molecule has 3 amide bonds. The predicted molar refractivity (Wildman–Crippen MR) is 116 cm³/mol. The van der Waals surface area contributed by atoms with Crippen LogP contribution in [-0.4, -0.2) is 55.4 Å². The van der Waals surface area contributed by atoms with Crippen LogP contribution in [-0.2, 0) is 9.59 Å². The Morgan fingerprint density at radius 3 is 2.37 bits per heavy atom. The Balaban J connectivity index is 2.11. The van der Waals surface area contributed by atoms with Crippen LogP contribution in [0.3, 0.4) is 0 Å². The van der Waals surface area contributed by atoms with E-state index in [2.05, 4.69) is 10.6 Å². The fourth-order valence-corrected chi connectivity index (χ4v) is 3.62. The van der Waals surface area contributed by atoms with Gasteiger partial charge in [-0.1, -0.05) is 33.8 Å². The highest BCUT2D eigenvalue weighted by Crippen LogP contribution is 2.23. The number of piperidine rings is 1. The van der Waals surface area contributed by atoms with Crippen LogP contribution >= 0.6 is 0 Å². The summed E-state index contributed by atoms with van der Waals surface area (Å²) in [5.41, 5.74) is 0.448. The summed E-state index contributed by atoms with van der Waals surface area (Å²) >= 11 is 0. The van der Waals surface area contributed by atoms with Crippen molar-refractivity contribution < 1.29 is 19.1 Å². The smallest absolute Gasteiger partial charge is 0.252 e. The third kappa shape index (κ3) is 6.47. The quantitative estimate of drug-likeness (QED) is 0.680. The Morgan fingerprint density at radius 1 is 1.13 bits per heavy atom. The molecule has 1 aliphatic rings. The van der Waals surface area contributed by atoms with Gasteiger partial charge in [0.05, 0.1) is 7.11 Å². The Morgan fingerprint density at radius 2 is 1.80 bits per heavy atom. The van der Waals surface area contributed by atoms with Gasteiger partial charge in [-0.2, -0.15) is 0 Å². The molecule has 30 heavy (non-hydrogen) atoms. The second-order valence-electron chi connectivity index (χ2n) is 8.64. The standard InChI is InChI=1S/C23H35N3O4/c1-15(2)14-24-22(28)20(17-9-11-26(12-10-17)23(29)16(3)4)25-21(27)18-7-6-8-19(13-18)30-5/h6-8,13,15-17,20H,9-12,14H2,1-5H3,(H,24,28)(H,25,27)/t20-/m0/s1. The summed E-state index contributed by atoms with van der Waals surface area (Å²) in [4.78, 5) is 39.9. The summed E-state index contributed by atoms with van der Waals surface area (Å²) in [6.45, 7) is 9.60. The van der Waals surface area contributed by atoms with E-state index in [1.54, 1.807) is 31.4 Å². The van der Waals surface area contributed by atoms with Crippen molar-refractivity contribution in [3.63, 3.8) is 0 Å². The van der Waals surface area contributed by atoms with E-state index < -0.39 is 6.04 Å². The van der Waals surface area contributed by atoms with Crippen LogP contribution in [0.5, 0.6) is 5.75 Å². The second-order valence-corrected chi connectivity index (χ2v) is 8.64. The average Bonchev–Trinajstić information content (AvgIpc) is 2.75. The van der Waals surface area contributed by atoms with Gasteiger partial charge in [-0.3, -0.25) is 14.4 Å². The van der Waals surface area contributed by atoms with Crippen LogP contribution in [0.25, 0.3) is 0 Å². The number of benzene rings is 1. The molecule has 0 unspecified atom stereocenters. The van der Waals surface area contributed by atoms with Gasteiger partial charge in [0.1, 0.15) is 11.8 Å². The summed E-state index contributed by atoms with van der Waals surface area (Å²) in [6, 6.07) is 6.23. The van der Waals surface area contributed by atoms with E-state index in [0.29, 0.717) is 49.7 Å². The summed E-state index contributed by atoms with van der Waals surface area (Å²) in [6.07, 6.45) is 1.35. The number of nitrogens with zero attached hydrogens (tertiary/aromatic N) is 1. The van der Waals surface area contributed by atoms with E-state index in [0.717, 1.165) is 0 Å². The van der Waals surface area contributed by atoms with E-state index in [1.165, 1.54) is 0 Å². The topological polar surface area (TPSA) is 87.7 Å². The van der Waals surface area contributed by atoms with Crippen LogP contribution in [0.2, 0.25) is 0 Å². The number of amides is 3. The first-order valence-electron chi connectivity index (χ1n) is 10.7. The highest BCUT2D eigenvalue weighted by molar-refractivity contribution is 5.98. The third-order valence-corrected chi connectivity index (χ3v) is 5.40. The number of likely N-dealkylation sites (tertiary alicyclic amines) is 1. The monoisotopic (exact) mass is 417 g/mol. The molecule has 166 valence electrons. The van der Waals surface area contributed by atoms with Crippen molar-refractivity contribution in [2.75, 3.05) is 26.7 Å². The maximum Gasteiger partial charge on any atom is 0.252 e. The molecular weight excluding hydrogens is 382 g/mol. The molecule has 0 spiro atoms. The second kappa shape index (κ2) is 11.0. The molecule has 0 saturated carbocycles. The van der Waals surface area contributed by atoms with Crippen molar-refractivity contribution >= 4 is 17.7 Å². The number of carbonyl (C=O) groups is 3. The van der Waals surface area contributed by atoms with E-state index in [-0.39, 0.29) is 29.6 Å². The Kier molecular flexibility index (Phi) is 8.69. The first-order chi connectivity index (χ1) is 14.2. The van der Waals surface area contributed by atoms with Gasteiger partial charge in [-0.25, -0.2) is 0 Å². The first-order valence-corrected chi connectivity index (χ1v) is 10.7. The Bertz CT molecular complexity index is 740. The van der Waals surface area contributed by atoms with Gasteiger partial charge in [0.2, 0.25) is 11.8 Å². The molecule has 0 aliphatic carbocycles. The lowest BCUT2D eigenvalue weighted by molar-refractivity contribution is -0.136. The van der Waals surface area contributed by atoms with Gasteiger partial charge in [0.25, 0.3) is 5.91 Å². The molecule has 7 nitrogen and oxygen atoms in total. The van der Waals surface area contributed by atoms with Gasteiger partial charge in [0.15, 0.2) is 0 Å². The van der Waals surface area contributed by atoms with Crippen molar-refractivity contribution in [3.05, 3.63) is 29.8 Å². The number of hydrogen-bond acceptors (Lipinski definition) is 4. The van der Waals surface area contributed by atoms with E-state index >= 15 is 0 Å². The average molecular weight is 418 g/mol. The SMILES string of the molecule is COc1cccc(C(=O)N[C@H](C(=O)NCC(C)C)C2CCN(C(=O)C(C)C)CC2)c1. The molecule has 1 aromatic carbocycles. The lowest BCUT2D eigenvalue weighted by atomic mass is 9.88. The molecule has 1 atom stereocenters. The van der Waals surface area contributed by atoms with Crippen molar-refractivity contribution in [1.82, 2.24) is 15.5 Å². The predicted octanol–water partition coefficient (Wildman–Crippen LogP) is 2.46. The van der Waals surface area contributed by atoms with Gasteiger partial charge in [-0.05, 0) is 42.9 Å². The third-order valence-electron chi connectivity index (χ3n) is 5.40.